The van der Waals surface area contributed by atoms with Crippen LogP contribution in [0.4, 0.5) is 4.39 Å². The van der Waals surface area contributed by atoms with Crippen LogP contribution in [0.15, 0.2) is 34.9 Å². The van der Waals surface area contributed by atoms with E-state index in [1.807, 2.05) is 6.07 Å². The third-order valence-corrected chi connectivity index (χ3v) is 2.51. The summed E-state index contributed by atoms with van der Waals surface area (Å²) < 4.78 is 20.2. The molecule has 0 bridgehead atoms. The van der Waals surface area contributed by atoms with Crippen LogP contribution in [-0.4, -0.2) is 16.9 Å². The quantitative estimate of drug-likeness (QED) is 0.839. The minimum Gasteiger partial charge on any atom is -0.494 e. The highest BCUT2D eigenvalue weighted by Gasteiger charge is 2.12. The summed E-state index contributed by atoms with van der Waals surface area (Å²) in [6.07, 6.45) is 1.40. The predicted molar refractivity (Wildman–Crippen MR) is 57.8 cm³/mol. The minimum atomic E-state index is -0.445. The molecule has 0 fully saturated rings. The number of nitrogens with zero attached hydrogens (tertiary/aromatic N) is 2. The van der Waals surface area contributed by atoms with Crippen molar-refractivity contribution in [1.29, 1.82) is 0 Å². The molecule has 0 aliphatic heterocycles. The molecule has 0 radical (unpaired) electrons. The number of aromatic nitrogens is 2. The van der Waals surface area contributed by atoms with Gasteiger partial charge in [0.2, 0.25) is 5.95 Å². The van der Waals surface area contributed by atoms with Gasteiger partial charge in [-0.25, -0.2) is 4.68 Å². The maximum Gasteiger partial charge on any atom is 0.230 e. The lowest BCUT2D eigenvalue weighted by Gasteiger charge is -2.07. The fourth-order valence-corrected chi connectivity index (χ4v) is 1.55. The molecule has 2 aromatic rings. The summed E-state index contributed by atoms with van der Waals surface area (Å²) in [4.78, 5) is 0. The highest BCUT2D eigenvalue weighted by molar-refractivity contribution is 9.10. The number of hydrogen-bond acceptors (Lipinski definition) is 2. The Hall–Kier alpha value is -1.36. The van der Waals surface area contributed by atoms with Gasteiger partial charge in [-0.1, -0.05) is 12.1 Å². The molecular weight excluding hydrogens is 263 g/mol. The topological polar surface area (TPSA) is 27.1 Å². The van der Waals surface area contributed by atoms with Crippen molar-refractivity contribution in [3.8, 4) is 11.4 Å². The summed E-state index contributed by atoms with van der Waals surface area (Å²) in [6, 6.07) is 7.11. The molecule has 2 rings (SSSR count). The molecule has 0 N–H and O–H groups in total. The Labute approximate surface area is 94.6 Å². The van der Waals surface area contributed by atoms with E-state index in [-0.39, 0.29) is 0 Å². The largest absolute Gasteiger partial charge is 0.494 e. The molecule has 78 valence electrons. The van der Waals surface area contributed by atoms with E-state index in [0.717, 1.165) is 0 Å². The van der Waals surface area contributed by atoms with Crippen LogP contribution in [0.25, 0.3) is 5.69 Å². The van der Waals surface area contributed by atoms with Gasteiger partial charge in [0.1, 0.15) is 11.4 Å². The second-order valence-electron chi connectivity index (χ2n) is 2.87. The number of hydrogen-bond donors (Lipinski definition) is 0. The van der Waals surface area contributed by atoms with E-state index < -0.39 is 5.95 Å². The van der Waals surface area contributed by atoms with Gasteiger partial charge in [-0.15, -0.1) is 0 Å². The van der Waals surface area contributed by atoms with Crippen molar-refractivity contribution < 1.29 is 9.13 Å². The third-order valence-electron chi connectivity index (χ3n) is 1.98. The van der Waals surface area contributed by atoms with Crippen LogP contribution in [0, 0.1) is 5.95 Å². The summed E-state index contributed by atoms with van der Waals surface area (Å²) in [5, 5.41) is 3.91. The fourth-order valence-electron chi connectivity index (χ4n) is 1.29. The smallest absolute Gasteiger partial charge is 0.230 e. The van der Waals surface area contributed by atoms with Crippen LogP contribution < -0.4 is 4.74 Å². The van der Waals surface area contributed by atoms with Crippen molar-refractivity contribution in [2.45, 2.75) is 0 Å². The lowest BCUT2D eigenvalue weighted by molar-refractivity contribution is 0.408. The number of methoxy groups -OCH3 is 1. The molecule has 0 aliphatic rings. The van der Waals surface area contributed by atoms with Crippen LogP contribution in [0.1, 0.15) is 0 Å². The highest BCUT2D eigenvalue weighted by Crippen LogP contribution is 2.25. The van der Waals surface area contributed by atoms with E-state index in [4.69, 9.17) is 4.74 Å². The summed E-state index contributed by atoms with van der Waals surface area (Å²) in [6.45, 7) is 0. The van der Waals surface area contributed by atoms with Crippen LogP contribution in [0.2, 0.25) is 0 Å². The lowest BCUT2D eigenvalue weighted by atomic mass is 10.3. The zero-order valence-electron chi connectivity index (χ0n) is 7.95. The van der Waals surface area contributed by atoms with Gasteiger partial charge in [0.05, 0.1) is 17.8 Å². The third kappa shape index (κ3) is 1.74. The van der Waals surface area contributed by atoms with Gasteiger partial charge in [0.25, 0.3) is 0 Å². The lowest BCUT2D eigenvalue weighted by Crippen LogP contribution is -2.02. The van der Waals surface area contributed by atoms with E-state index in [2.05, 4.69) is 21.0 Å². The summed E-state index contributed by atoms with van der Waals surface area (Å²) in [7, 11) is 1.54. The molecule has 15 heavy (non-hydrogen) atoms. The molecule has 1 heterocycles. The molecule has 3 nitrogen and oxygen atoms in total. The summed E-state index contributed by atoms with van der Waals surface area (Å²) >= 11 is 3.06. The standard InChI is InChI=1S/C10H8BrFN2O/c1-15-9-5-3-2-4-8(9)14-10(12)7(11)6-13-14/h2-6H,1H3. The first-order chi connectivity index (χ1) is 7.24. The number of ether oxygens (including phenoxy) is 1. The van der Waals surface area contributed by atoms with Gasteiger partial charge in [0.15, 0.2) is 0 Å². The van der Waals surface area contributed by atoms with Gasteiger partial charge in [0, 0.05) is 0 Å². The normalized spacial score (nSPS) is 10.3. The second-order valence-corrected chi connectivity index (χ2v) is 3.72. The number of benzene rings is 1. The molecule has 0 unspecified atom stereocenters. The van der Waals surface area contributed by atoms with Crippen molar-refractivity contribution in [2.75, 3.05) is 7.11 Å². The molecule has 0 amide bonds. The SMILES string of the molecule is COc1ccccc1-n1ncc(Br)c1F. The van der Waals surface area contributed by atoms with Crippen molar-refractivity contribution in [3.05, 3.63) is 40.9 Å². The van der Waals surface area contributed by atoms with Crippen molar-refractivity contribution in [1.82, 2.24) is 9.78 Å². The van der Waals surface area contributed by atoms with E-state index in [1.165, 1.54) is 18.0 Å². The average molecular weight is 271 g/mol. The van der Waals surface area contributed by atoms with E-state index in [1.54, 1.807) is 18.2 Å². The average Bonchev–Trinajstić information content (AvgIpc) is 2.60. The maximum absolute atomic E-state index is 13.6. The first-order valence-electron chi connectivity index (χ1n) is 4.26. The zero-order chi connectivity index (χ0) is 10.8. The Morgan fingerprint density at radius 3 is 2.73 bits per heavy atom. The van der Waals surface area contributed by atoms with E-state index >= 15 is 0 Å². The van der Waals surface area contributed by atoms with Crippen molar-refractivity contribution >= 4 is 15.9 Å². The Morgan fingerprint density at radius 1 is 1.40 bits per heavy atom. The maximum atomic E-state index is 13.6. The van der Waals surface area contributed by atoms with Gasteiger partial charge < -0.3 is 4.74 Å². The van der Waals surface area contributed by atoms with E-state index in [0.29, 0.717) is 15.9 Å². The zero-order valence-corrected chi connectivity index (χ0v) is 9.53. The molecule has 0 aliphatic carbocycles. The number of rotatable bonds is 2. The summed E-state index contributed by atoms with van der Waals surface area (Å²) in [5.41, 5.74) is 0.572. The predicted octanol–water partition coefficient (Wildman–Crippen LogP) is 2.78. The molecule has 0 spiro atoms. The monoisotopic (exact) mass is 270 g/mol. The Kier molecular flexibility index (Phi) is 2.73. The van der Waals surface area contributed by atoms with Crippen LogP contribution in [-0.2, 0) is 0 Å². The van der Waals surface area contributed by atoms with Crippen molar-refractivity contribution in [2.24, 2.45) is 0 Å². The number of para-hydroxylation sites is 2. The Morgan fingerprint density at radius 2 is 2.13 bits per heavy atom. The molecule has 0 saturated carbocycles. The first kappa shape index (κ1) is 10.2. The van der Waals surface area contributed by atoms with Gasteiger partial charge in [-0.2, -0.15) is 9.49 Å². The van der Waals surface area contributed by atoms with Crippen LogP contribution in [0.5, 0.6) is 5.75 Å². The van der Waals surface area contributed by atoms with E-state index in [9.17, 15) is 4.39 Å². The molecule has 5 heteroatoms. The highest BCUT2D eigenvalue weighted by atomic mass is 79.9. The molecule has 1 aromatic heterocycles. The number of halogens is 2. The van der Waals surface area contributed by atoms with Crippen LogP contribution in [0.3, 0.4) is 0 Å². The molecular formula is C10H8BrFN2O. The van der Waals surface area contributed by atoms with Gasteiger partial charge >= 0.3 is 0 Å². The Bertz CT molecular complexity index is 484. The van der Waals surface area contributed by atoms with Gasteiger partial charge in [-0.05, 0) is 28.1 Å². The first-order valence-corrected chi connectivity index (χ1v) is 5.05. The second kappa shape index (κ2) is 4.02. The minimum absolute atomic E-state index is 0.327. The summed E-state index contributed by atoms with van der Waals surface area (Å²) in [5.74, 6) is 0.131. The molecule has 1 aromatic carbocycles. The Balaban J connectivity index is 2.58. The van der Waals surface area contributed by atoms with Crippen molar-refractivity contribution in [3.63, 3.8) is 0 Å². The molecule has 0 saturated heterocycles. The molecule has 0 atom stereocenters. The fraction of sp³-hybridized carbons (Fsp3) is 0.100. The van der Waals surface area contributed by atoms with Gasteiger partial charge in [-0.3, -0.25) is 0 Å². The van der Waals surface area contributed by atoms with Crippen LogP contribution >= 0.6 is 15.9 Å².